The molecule has 116 valence electrons. The van der Waals surface area contributed by atoms with Crippen molar-refractivity contribution in [3.63, 3.8) is 0 Å². The van der Waals surface area contributed by atoms with E-state index in [0.717, 1.165) is 12.2 Å². The van der Waals surface area contributed by atoms with E-state index in [4.69, 9.17) is 26.9 Å². The summed E-state index contributed by atoms with van der Waals surface area (Å²) in [7, 11) is -1.63. The molecule has 2 nitrogen and oxygen atoms in total. The van der Waals surface area contributed by atoms with Gasteiger partial charge in [-0.25, -0.2) is 0 Å². The van der Waals surface area contributed by atoms with Gasteiger partial charge in [0.05, 0.1) is 6.61 Å². The van der Waals surface area contributed by atoms with Gasteiger partial charge < -0.3 is 4.74 Å². The van der Waals surface area contributed by atoms with Crippen LogP contribution in [0, 0.1) is 0 Å². The predicted molar refractivity (Wildman–Crippen MR) is 94.7 cm³/mol. The van der Waals surface area contributed by atoms with Crippen LogP contribution in [0.2, 0.25) is 5.54 Å². The number of carbonyl (C=O) groups is 1. The van der Waals surface area contributed by atoms with Crippen molar-refractivity contribution in [2.45, 2.75) is 18.9 Å². The molecule has 2 rings (SSSR count). The van der Waals surface area contributed by atoms with E-state index in [1.165, 1.54) is 0 Å². The molecule has 2 aromatic carbocycles. The normalized spacial score (nSPS) is 12.2. The van der Waals surface area contributed by atoms with Crippen LogP contribution in [-0.2, 0) is 0 Å². The number of ketones is 1. The van der Waals surface area contributed by atoms with Crippen molar-refractivity contribution in [3.05, 3.63) is 65.7 Å². The second kappa shape index (κ2) is 8.37. The molecule has 0 N–H and O–H groups in total. The minimum atomic E-state index is -1.63. The molecule has 0 bridgehead atoms. The summed E-state index contributed by atoms with van der Waals surface area (Å²) >= 11 is 11.9. The average molecular weight is 353 g/mol. The standard InChI is InChI=1S/C17H18Cl2O2Si/c1-13(22(18)19)11-12-21-16-9-7-15(8-10-16)17(20)14-5-3-2-4-6-14/h2-10,13,22H,11-12H2,1H3. The van der Waals surface area contributed by atoms with Gasteiger partial charge in [0, 0.05) is 11.1 Å². The highest BCUT2D eigenvalue weighted by molar-refractivity contribution is 7.34. The van der Waals surface area contributed by atoms with Crippen LogP contribution >= 0.6 is 22.2 Å². The van der Waals surface area contributed by atoms with Crippen molar-refractivity contribution in [2.75, 3.05) is 6.61 Å². The van der Waals surface area contributed by atoms with Gasteiger partial charge >= 0.3 is 0 Å². The monoisotopic (exact) mass is 352 g/mol. The summed E-state index contributed by atoms with van der Waals surface area (Å²) in [6.45, 7) is 2.62. The molecule has 0 fully saturated rings. The van der Waals surface area contributed by atoms with Crippen molar-refractivity contribution in [1.82, 2.24) is 0 Å². The summed E-state index contributed by atoms with van der Waals surface area (Å²) in [5, 5.41) is 0. The molecule has 22 heavy (non-hydrogen) atoms. The van der Waals surface area contributed by atoms with E-state index >= 15 is 0 Å². The Kier molecular flexibility index (Phi) is 6.49. The molecule has 5 heteroatoms. The van der Waals surface area contributed by atoms with Crippen molar-refractivity contribution in [1.29, 1.82) is 0 Å². The number of ether oxygens (including phenoxy) is 1. The quantitative estimate of drug-likeness (QED) is 0.407. The second-order valence-corrected chi connectivity index (χ2v) is 10.5. The van der Waals surface area contributed by atoms with E-state index < -0.39 is 7.42 Å². The molecule has 0 aliphatic rings. The van der Waals surface area contributed by atoms with Crippen LogP contribution in [0.25, 0.3) is 0 Å². The summed E-state index contributed by atoms with van der Waals surface area (Å²) in [5.74, 6) is 0.762. The fourth-order valence-electron chi connectivity index (χ4n) is 1.95. The summed E-state index contributed by atoms with van der Waals surface area (Å²) in [6.07, 6.45) is 0.842. The Labute approximate surface area is 142 Å². The lowest BCUT2D eigenvalue weighted by Gasteiger charge is -2.12. The van der Waals surface area contributed by atoms with Crippen LogP contribution in [0.5, 0.6) is 5.75 Å². The highest BCUT2D eigenvalue weighted by Gasteiger charge is 2.13. The molecule has 0 saturated carbocycles. The van der Waals surface area contributed by atoms with Crippen LogP contribution in [0.4, 0.5) is 0 Å². The minimum absolute atomic E-state index is 0.0129. The fraction of sp³-hybridized carbons (Fsp3) is 0.235. The summed E-state index contributed by atoms with van der Waals surface area (Å²) in [5.41, 5.74) is 1.66. The Morgan fingerprint density at radius 3 is 2.23 bits per heavy atom. The van der Waals surface area contributed by atoms with Crippen LogP contribution in [0.3, 0.4) is 0 Å². The van der Waals surface area contributed by atoms with Crippen LogP contribution in [0.1, 0.15) is 29.3 Å². The molecule has 2 aromatic rings. The fourth-order valence-corrected chi connectivity index (χ4v) is 3.09. The van der Waals surface area contributed by atoms with Crippen LogP contribution < -0.4 is 4.74 Å². The van der Waals surface area contributed by atoms with Gasteiger partial charge in [-0.3, -0.25) is 4.79 Å². The van der Waals surface area contributed by atoms with Crippen molar-refractivity contribution in [2.24, 2.45) is 0 Å². The van der Waals surface area contributed by atoms with E-state index in [9.17, 15) is 4.79 Å². The Balaban J connectivity index is 1.92. The molecule has 0 aromatic heterocycles. The zero-order valence-electron chi connectivity index (χ0n) is 12.3. The lowest BCUT2D eigenvalue weighted by atomic mass is 10.0. The zero-order chi connectivity index (χ0) is 15.9. The van der Waals surface area contributed by atoms with Gasteiger partial charge in [-0.2, -0.15) is 22.2 Å². The first-order chi connectivity index (χ1) is 10.6. The van der Waals surface area contributed by atoms with E-state index in [1.54, 1.807) is 12.1 Å². The van der Waals surface area contributed by atoms with Gasteiger partial charge in [-0.1, -0.05) is 37.3 Å². The Morgan fingerprint density at radius 1 is 1.05 bits per heavy atom. The highest BCUT2D eigenvalue weighted by atomic mass is 35.7. The van der Waals surface area contributed by atoms with Gasteiger partial charge in [-0.05, 0) is 36.2 Å². The third-order valence-corrected chi connectivity index (χ3v) is 7.20. The Morgan fingerprint density at radius 2 is 1.64 bits per heavy atom. The van der Waals surface area contributed by atoms with Crippen molar-refractivity contribution >= 4 is 35.4 Å². The molecule has 0 spiro atoms. The van der Waals surface area contributed by atoms with Gasteiger partial charge in [0.25, 0.3) is 0 Å². The molecule has 0 saturated heterocycles. The van der Waals surface area contributed by atoms with Gasteiger partial charge in [0.2, 0.25) is 7.42 Å². The number of benzene rings is 2. The molecule has 1 unspecified atom stereocenters. The van der Waals surface area contributed by atoms with Gasteiger partial charge in [0.15, 0.2) is 5.78 Å². The minimum Gasteiger partial charge on any atom is -0.494 e. The number of hydrogen-bond acceptors (Lipinski definition) is 2. The Hall–Kier alpha value is -1.29. The molecular formula is C17H18Cl2O2Si. The summed E-state index contributed by atoms with van der Waals surface area (Å²) < 4.78 is 5.66. The SMILES string of the molecule is CC(CCOc1ccc(C(=O)c2ccccc2)cc1)[SiH](Cl)Cl. The maximum absolute atomic E-state index is 12.3. The molecular weight excluding hydrogens is 335 g/mol. The van der Waals surface area contributed by atoms with E-state index in [0.29, 0.717) is 23.3 Å². The summed E-state index contributed by atoms with van der Waals surface area (Å²) in [6, 6.07) is 16.4. The largest absolute Gasteiger partial charge is 0.494 e. The van der Waals surface area contributed by atoms with Crippen LogP contribution in [0.15, 0.2) is 54.6 Å². The molecule has 0 radical (unpaired) electrons. The topological polar surface area (TPSA) is 26.3 Å². The molecule has 0 aliphatic heterocycles. The van der Waals surface area contributed by atoms with Crippen molar-refractivity contribution in [3.8, 4) is 5.75 Å². The van der Waals surface area contributed by atoms with Gasteiger partial charge in [0.1, 0.15) is 5.75 Å². The number of halogens is 2. The highest BCUT2D eigenvalue weighted by Crippen LogP contribution is 2.21. The molecule has 1 atom stereocenters. The number of carbonyl (C=O) groups excluding carboxylic acids is 1. The third-order valence-electron chi connectivity index (χ3n) is 3.42. The predicted octanol–water partition coefficient (Wildman–Crippen LogP) is 4.77. The van der Waals surface area contributed by atoms with Gasteiger partial charge in [-0.15, -0.1) is 0 Å². The maximum Gasteiger partial charge on any atom is 0.239 e. The molecule has 0 heterocycles. The first-order valence-corrected chi connectivity index (χ1v) is 11.3. The van der Waals surface area contributed by atoms with Crippen LogP contribution in [-0.4, -0.2) is 19.8 Å². The maximum atomic E-state index is 12.3. The smallest absolute Gasteiger partial charge is 0.239 e. The first-order valence-electron chi connectivity index (χ1n) is 7.18. The van der Waals surface area contributed by atoms with E-state index in [-0.39, 0.29) is 5.78 Å². The third kappa shape index (κ3) is 4.87. The number of hydrogen-bond donors (Lipinski definition) is 0. The lowest BCUT2D eigenvalue weighted by Crippen LogP contribution is -2.08. The molecule has 0 amide bonds. The van der Waals surface area contributed by atoms with Crippen molar-refractivity contribution < 1.29 is 9.53 Å². The molecule has 0 aliphatic carbocycles. The average Bonchev–Trinajstić information content (AvgIpc) is 2.55. The first kappa shape index (κ1) is 17.1. The summed E-state index contributed by atoms with van der Waals surface area (Å²) in [4.78, 5) is 12.3. The second-order valence-electron chi connectivity index (χ2n) is 5.17. The van der Waals surface area contributed by atoms with E-state index in [1.807, 2.05) is 49.4 Å². The van der Waals surface area contributed by atoms with E-state index in [2.05, 4.69) is 0 Å². The number of rotatable bonds is 7. The zero-order valence-corrected chi connectivity index (χ0v) is 15.0. The Bertz CT molecular complexity index is 600. The lowest BCUT2D eigenvalue weighted by molar-refractivity contribution is 0.103.